The van der Waals surface area contributed by atoms with E-state index in [-0.39, 0.29) is 0 Å². The summed E-state index contributed by atoms with van der Waals surface area (Å²) in [5.74, 6) is 0. The molecule has 3 heteroatoms. The number of rotatable bonds is 0. The van der Waals surface area contributed by atoms with E-state index in [2.05, 4.69) is 28.3 Å². The molecule has 2 rings (SSSR count). The molecule has 0 saturated carbocycles. The molecule has 1 aromatic carbocycles. The van der Waals surface area contributed by atoms with Crippen molar-refractivity contribution in [2.75, 3.05) is 10.5 Å². The Morgan fingerprint density at radius 1 is 1.50 bits per heavy atom. The van der Waals surface area contributed by atoms with Gasteiger partial charge in [0.05, 0.1) is 11.3 Å². The summed E-state index contributed by atoms with van der Waals surface area (Å²) < 4.78 is 1.96. The quantitative estimate of drug-likeness (QED) is 0.630. The number of hydrogen-bond acceptors (Lipinski definition) is 2. The Balaban J connectivity index is 2.62. The first kappa shape index (κ1) is 7.63. The normalized spacial score (nSPS) is 14.2. The van der Waals surface area contributed by atoms with Crippen molar-refractivity contribution in [2.24, 2.45) is 0 Å². The maximum Gasteiger partial charge on any atom is 0.101 e. The van der Waals surface area contributed by atoms with E-state index in [4.69, 9.17) is 5.26 Å². The molecule has 0 atom stereocenters. The first-order chi connectivity index (χ1) is 5.83. The Labute approximate surface area is 79.8 Å². The predicted molar refractivity (Wildman–Crippen MR) is 51.1 cm³/mol. The van der Waals surface area contributed by atoms with Crippen molar-refractivity contribution in [3.05, 3.63) is 29.3 Å². The zero-order valence-corrected chi connectivity index (χ0v) is 8.00. The van der Waals surface area contributed by atoms with Crippen LogP contribution in [0, 0.1) is 11.3 Å². The minimum Gasteiger partial charge on any atom is -0.307 e. The van der Waals surface area contributed by atoms with Gasteiger partial charge in [0.25, 0.3) is 0 Å². The highest BCUT2D eigenvalue weighted by molar-refractivity contribution is 9.10. The number of benzene rings is 1. The summed E-state index contributed by atoms with van der Waals surface area (Å²) in [4.78, 5) is 0. The summed E-state index contributed by atoms with van der Waals surface area (Å²) in [6, 6.07) is 8.03. The maximum absolute atomic E-state index is 8.82. The number of fused-ring (bicyclic) bond motifs is 1. The summed E-state index contributed by atoms with van der Waals surface area (Å²) in [5.41, 5.74) is 3.05. The third-order valence-electron chi connectivity index (χ3n) is 2.06. The van der Waals surface area contributed by atoms with Gasteiger partial charge in [-0.1, -0.05) is 12.1 Å². The van der Waals surface area contributed by atoms with Gasteiger partial charge in [0, 0.05) is 22.7 Å². The maximum atomic E-state index is 8.82. The predicted octanol–water partition coefficient (Wildman–Crippen LogP) is 2.23. The molecule has 0 radical (unpaired) electrons. The van der Waals surface area contributed by atoms with Crippen LogP contribution in [0.15, 0.2) is 18.2 Å². The van der Waals surface area contributed by atoms with Gasteiger partial charge in [-0.15, -0.1) is 0 Å². The molecule has 1 aromatic rings. The summed E-state index contributed by atoms with van der Waals surface area (Å²) in [6.07, 6.45) is 1.02. The van der Waals surface area contributed by atoms with E-state index >= 15 is 0 Å². The van der Waals surface area contributed by atoms with Crippen molar-refractivity contribution in [1.29, 1.82) is 5.26 Å². The number of anilines is 1. The Hall–Kier alpha value is -1.01. The van der Waals surface area contributed by atoms with Crippen LogP contribution in [0.2, 0.25) is 0 Å². The summed E-state index contributed by atoms with van der Waals surface area (Å²) in [5, 5.41) is 8.82. The van der Waals surface area contributed by atoms with Crippen molar-refractivity contribution >= 4 is 21.8 Å². The third-order valence-corrected chi connectivity index (χ3v) is 2.77. The lowest BCUT2D eigenvalue weighted by molar-refractivity contribution is 1.06. The fourth-order valence-electron chi connectivity index (χ4n) is 1.50. The summed E-state index contributed by atoms with van der Waals surface area (Å²) >= 11 is 3.41. The van der Waals surface area contributed by atoms with Crippen molar-refractivity contribution < 1.29 is 0 Å². The van der Waals surface area contributed by atoms with Gasteiger partial charge in [-0.3, -0.25) is 0 Å². The van der Waals surface area contributed by atoms with Gasteiger partial charge in [-0.05, 0) is 18.1 Å². The highest BCUT2D eigenvalue weighted by Gasteiger charge is 2.19. The summed E-state index contributed by atoms with van der Waals surface area (Å²) in [7, 11) is 0. The average Bonchev–Trinajstić information content (AvgIpc) is 2.48. The van der Waals surface area contributed by atoms with Crippen molar-refractivity contribution in [3.8, 4) is 6.07 Å². The molecule has 2 nitrogen and oxygen atoms in total. The first-order valence-electron chi connectivity index (χ1n) is 3.78. The number of halogens is 1. The van der Waals surface area contributed by atoms with Gasteiger partial charge in [-0.25, -0.2) is 0 Å². The molecule has 1 aliphatic rings. The highest BCUT2D eigenvalue weighted by atomic mass is 79.9. The zero-order chi connectivity index (χ0) is 8.55. The van der Waals surface area contributed by atoms with Crippen molar-refractivity contribution in [3.63, 3.8) is 0 Å². The van der Waals surface area contributed by atoms with Crippen LogP contribution in [0.1, 0.15) is 11.1 Å². The first-order valence-corrected chi connectivity index (χ1v) is 4.49. The van der Waals surface area contributed by atoms with E-state index in [1.54, 1.807) is 0 Å². The molecular formula is C9H7BrN2. The fourth-order valence-corrected chi connectivity index (χ4v) is 2.10. The van der Waals surface area contributed by atoms with E-state index < -0.39 is 0 Å². The van der Waals surface area contributed by atoms with Crippen molar-refractivity contribution in [2.45, 2.75) is 6.42 Å². The van der Waals surface area contributed by atoms with Crippen LogP contribution in [-0.4, -0.2) is 6.54 Å². The van der Waals surface area contributed by atoms with Crippen LogP contribution >= 0.6 is 16.1 Å². The van der Waals surface area contributed by atoms with Crippen LogP contribution < -0.4 is 3.93 Å². The van der Waals surface area contributed by atoms with Crippen LogP contribution in [0.4, 0.5) is 5.69 Å². The second kappa shape index (κ2) is 2.80. The van der Waals surface area contributed by atoms with Gasteiger partial charge in [0.1, 0.15) is 6.07 Å². The number of nitrogens with zero attached hydrogens (tertiary/aromatic N) is 2. The average molecular weight is 223 g/mol. The lowest BCUT2D eigenvalue weighted by Gasteiger charge is -2.09. The SMILES string of the molecule is N#Cc1cccc2c1N(Br)CC2. The lowest BCUT2D eigenvalue weighted by Crippen LogP contribution is -2.04. The molecule has 1 heterocycles. The number of nitriles is 1. The largest absolute Gasteiger partial charge is 0.307 e. The second-order valence-electron chi connectivity index (χ2n) is 2.76. The summed E-state index contributed by atoms with van der Waals surface area (Å²) in [6.45, 7) is 0.952. The fraction of sp³-hybridized carbons (Fsp3) is 0.222. The van der Waals surface area contributed by atoms with Crippen LogP contribution in [0.3, 0.4) is 0 Å². The van der Waals surface area contributed by atoms with Gasteiger partial charge in [0.15, 0.2) is 0 Å². The van der Waals surface area contributed by atoms with Gasteiger partial charge in [0.2, 0.25) is 0 Å². The molecule has 0 bridgehead atoms. The number of para-hydroxylation sites is 1. The molecule has 0 aliphatic carbocycles. The van der Waals surface area contributed by atoms with E-state index in [9.17, 15) is 0 Å². The van der Waals surface area contributed by atoms with Crippen LogP contribution in [0.25, 0.3) is 0 Å². The molecule has 60 valence electrons. The minimum atomic E-state index is 0.752. The standard InChI is InChI=1S/C9H7BrN2/c10-12-5-4-7-2-1-3-8(6-11)9(7)12/h1-3H,4-5H2. The lowest BCUT2D eigenvalue weighted by atomic mass is 10.1. The smallest absolute Gasteiger partial charge is 0.101 e. The molecular weight excluding hydrogens is 216 g/mol. The molecule has 0 N–H and O–H groups in total. The topological polar surface area (TPSA) is 27.0 Å². The van der Waals surface area contributed by atoms with E-state index in [0.29, 0.717) is 0 Å². The monoisotopic (exact) mass is 222 g/mol. The zero-order valence-electron chi connectivity index (χ0n) is 6.42. The van der Waals surface area contributed by atoms with Gasteiger partial charge >= 0.3 is 0 Å². The van der Waals surface area contributed by atoms with Crippen LogP contribution in [-0.2, 0) is 6.42 Å². The van der Waals surface area contributed by atoms with Gasteiger partial charge < -0.3 is 3.93 Å². The Kier molecular flexibility index (Phi) is 1.78. The molecule has 0 amide bonds. The number of hydrogen-bond donors (Lipinski definition) is 0. The van der Waals surface area contributed by atoms with E-state index in [1.807, 2.05) is 16.1 Å². The minimum absolute atomic E-state index is 0.752. The van der Waals surface area contributed by atoms with E-state index in [1.165, 1.54) is 5.56 Å². The highest BCUT2D eigenvalue weighted by Crippen LogP contribution is 2.33. The van der Waals surface area contributed by atoms with Gasteiger partial charge in [-0.2, -0.15) is 5.26 Å². The molecule has 0 unspecified atom stereocenters. The Morgan fingerprint density at radius 3 is 3.08 bits per heavy atom. The Bertz CT molecular complexity index is 354. The molecule has 0 aromatic heterocycles. The molecule has 0 saturated heterocycles. The third kappa shape index (κ3) is 0.997. The van der Waals surface area contributed by atoms with Crippen LogP contribution in [0.5, 0.6) is 0 Å². The molecule has 0 spiro atoms. The van der Waals surface area contributed by atoms with E-state index in [0.717, 1.165) is 24.2 Å². The Morgan fingerprint density at radius 2 is 2.33 bits per heavy atom. The second-order valence-corrected chi connectivity index (χ2v) is 3.62. The molecule has 1 aliphatic heterocycles. The van der Waals surface area contributed by atoms with Crippen molar-refractivity contribution in [1.82, 2.24) is 0 Å². The molecule has 0 fully saturated rings. The molecule has 12 heavy (non-hydrogen) atoms.